The summed E-state index contributed by atoms with van der Waals surface area (Å²) in [6, 6.07) is 15.4. The number of hydrogen-bond donors (Lipinski definition) is 2. The predicted molar refractivity (Wildman–Crippen MR) is 145 cm³/mol. The number of nitrogens with one attached hydrogen (secondary N) is 2. The molecule has 1 aliphatic carbocycles. The first-order valence-electron chi connectivity index (χ1n) is 12.0. The summed E-state index contributed by atoms with van der Waals surface area (Å²) in [5.41, 5.74) is 3.68. The number of anilines is 1. The van der Waals surface area contributed by atoms with E-state index in [2.05, 4.69) is 10.6 Å². The van der Waals surface area contributed by atoms with Gasteiger partial charge in [0.15, 0.2) is 5.78 Å². The Morgan fingerprint density at radius 1 is 1.05 bits per heavy atom. The molecule has 0 radical (unpaired) electrons. The third-order valence-electron chi connectivity index (χ3n) is 6.89. The van der Waals surface area contributed by atoms with Crippen LogP contribution in [0.3, 0.4) is 0 Å². The number of hydrogen-bond acceptors (Lipinski definition) is 5. The summed E-state index contributed by atoms with van der Waals surface area (Å²) in [7, 11) is 0. The van der Waals surface area contributed by atoms with E-state index in [1.165, 1.54) is 6.07 Å². The molecule has 0 unspecified atom stereocenters. The minimum absolute atomic E-state index is 0.0283. The van der Waals surface area contributed by atoms with Gasteiger partial charge in [-0.3, -0.25) is 9.59 Å². The lowest BCUT2D eigenvalue weighted by molar-refractivity contribution is -0.116. The lowest BCUT2D eigenvalue weighted by Crippen LogP contribution is -2.37. The molecule has 5 rings (SSSR count). The number of halogens is 2. The molecule has 2 aromatic carbocycles. The number of thiophene rings is 1. The maximum absolute atomic E-state index is 14.4. The van der Waals surface area contributed by atoms with Gasteiger partial charge >= 0.3 is 0 Å². The number of thioether (sulfide) groups is 1. The Hall–Kier alpha value is -3.23. The molecule has 0 saturated carbocycles. The first-order chi connectivity index (χ1) is 17.8. The molecular weight excluding hydrogens is 510 g/mol. The number of Topliss-reactive ketones (excluding diaryl/α,β-unsaturated/α-hetero) is 1. The molecule has 0 spiro atoms. The van der Waals surface area contributed by atoms with Gasteiger partial charge in [-0.25, -0.2) is 8.78 Å². The number of amides is 1. The highest BCUT2D eigenvalue weighted by atomic mass is 32.2. The zero-order chi connectivity index (χ0) is 26.3. The molecule has 0 bridgehead atoms. The topological polar surface area (TPSA) is 58.2 Å². The molecule has 37 heavy (non-hydrogen) atoms. The van der Waals surface area contributed by atoms with E-state index in [-0.39, 0.29) is 11.7 Å². The molecule has 3 aromatic rings. The van der Waals surface area contributed by atoms with Crippen molar-refractivity contribution in [2.45, 2.75) is 42.7 Å². The third kappa shape index (κ3) is 4.76. The van der Waals surface area contributed by atoms with Crippen molar-refractivity contribution in [1.29, 1.82) is 0 Å². The van der Waals surface area contributed by atoms with Crippen LogP contribution in [0.4, 0.5) is 14.5 Å². The minimum atomic E-state index is -0.859. The second-order valence-electron chi connectivity index (χ2n) is 9.28. The van der Waals surface area contributed by atoms with E-state index in [1.54, 1.807) is 30.0 Å². The molecule has 4 nitrogen and oxygen atoms in total. The van der Waals surface area contributed by atoms with E-state index in [0.29, 0.717) is 29.7 Å². The van der Waals surface area contributed by atoms with Gasteiger partial charge in [0.1, 0.15) is 17.3 Å². The summed E-state index contributed by atoms with van der Waals surface area (Å²) in [6.45, 7) is 3.77. The summed E-state index contributed by atoms with van der Waals surface area (Å²) >= 11 is 3.17. The Kier molecular flexibility index (Phi) is 7.05. The Morgan fingerprint density at radius 2 is 1.76 bits per heavy atom. The van der Waals surface area contributed by atoms with E-state index in [1.807, 2.05) is 49.6 Å². The second kappa shape index (κ2) is 10.3. The molecule has 1 aromatic heterocycles. The molecular formula is C29H26F2N2O2S2. The van der Waals surface area contributed by atoms with Gasteiger partial charge in [0, 0.05) is 39.8 Å². The first-order valence-corrected chi connectivity index (χ1v) is 14.0. The van der Waals surface area contributed by atoms with Gasteiger partial charge in [-0.1, -0.05) is 36.4 Å². The predicted octanol–water partition coefficient (Wildman–Crippen LogP) is 7.06. The number of rotatable bonds is 5. The van der Waals surface area contributed by atoms with Crippen LogP contribution in [0.2, 0.25) is 0 Å². The molecule has 190 valence electrons. The maximum atomic E-state index is 14.4. The number of allylic oxidation sites excluding steroid dienone is 3. The van der Waals surface area contributed by atoms with Crippen molar-refractivity contribution in [3.63, 3.8) is 0 Å². The number of para-hydroxylation sites is 1. The van der Waals surface area contributed by atoms with Gasteiger partial charge in [-0.15, -0.1) is 23.1 Å². The zero-order valence-electron chi connectivity index (χ0n) is 20.7. The third-order valence-corrected chi connectivity index (χ3v) is 9.11. The fourth-order valence-corrected chi connectivity index (χ4v) is 7.20. The minimum Gasteiger partial charge on any atom is -0.362 e. The van der Waals surface area contributed by atoms with Gasteiger partial charge in [-0.2, -0.15) is 0 Å². The number of ketones is 1. The van der Waals surface area contributed by atoms with Crippen molar-refractivity contribution in [2.24, 2.45) is 0 Å². The fourth-order valence-electron chi connectivity index (χ4n) is 5.28. The summed E-state index contributed by atoms with van der Waals surface area (Å²) < 4.78 is 29.8. The van der Waals surface area contributed by atoms with Crippen molar-refractivity contribution >= 4 is 40.5 Å². The SMILES string of the molecule is CSc1sc(C)cc1[C@H]1C(C(=O)Nc2c(F)cccc2F)=C(C)NC2=C1C(=O)C[C@@H](c1ccccc1)C2. The standard InChI is InChI=1S/C29H26F2N2O2S2/c1-15-12-19(29(36-3)37-15)25-24(28(35)33-27-20(30)10-7-11-21(27)31)16(2)32-22-13-18(14-23(34)26(22)25)17-8-5-4-6-9-17/h4-12,18,25,32H,13-14H2,1-3H3,(H,33,35)/t18-,25-/m0/s1. The van der Waals surface area contributed by atoms with E-state index >= 15 is 0 Å². The molecule has 0 fully saturated rings. The smallest absolute Gasteiger partial charge is 0.254 e. The van der Waals surface area contributed by atoms with E-state index in [9.17, 15) is 18.4 Å². The normalized spacial score (nSPS) is 19.5. The average Bonchev–Trinajstić information content (AvgIpc) is 3.26. The van der Waals surface area contributed by atoms with Crippen molar-refractivity contribution in [3.8, 4) is 0 Å². The highest BCUT2D eigenvalue weighted by Crippen LogP contribution is 2.49. The van der Waals surface area contributed by atoms with E-state index in [0.717, 1.165) is 38.0 Å². The molecule has 1 amide bonds. The lowest BCUT2D eigenvalue weighted by Gasteiger charge is -2.37. The average molecular weight is 537 g/mol. The largest absolute Gasteiger partial charge is 0.362 e. The monoisotopic (exact) mass is 536 g/mol. The van der Waals surface area contributed by atoms with Crippen LogP contribution in [0.1, 0.15) is 47.6 Å². The van der Waals surface area contributed by atoms with Gasteiger partial charge in [0.25, 0.3) is 5.91 Å². The number of benzene rings is 2. The number of carbonyl (C=O) groups is 2. The molecule has 2 N–H and O–H groups in total. The van der Waals surface area contributed by atoms with Crippen LogP contribution in [0.15, 0.2) is 81.3 Å². The number of aryl methyl sites for hydroxylation is 1. The Balaban J connectivity index is 1.61. The van der Waals surface area contributed by atoms with Gasteiger partial charge in [-0.05, 0) is 61.8 Å². The molecule has 8 heteroatoms. The molecule has 2 atom stereocenters. The summed E-state index contributed by atoms with van der Waals surface area (Å²) in [5, 5.41) is 5.77. The molecule has 2 aliphatic rings. The Morgan fingerprint density at radius 3 is 2.43 bits per heavy atom. The van der Waals surface area contributed by atoms with Gasteiger partial charge in [0.2, 0.25) is 0 Å². The zero-order valence-corrected chi connectivity index (χ0v) is 22.3. The van der Waals surface area contributed by atoms with Gasteiger partial charge < -0.3 is 10.6 Å². The van der Waals surface area contributed by atoms with E-state index < -0.39 is 29.1 Å². The Bertz CT molecular complexity index is 1440. The van der Waals surface area contributed by atoms with Crippen LogP contribution < -0.4 is 10.6 Å². The molecule has 2 heterocycles. The molecule has 0 saturated heterocycles. The quantitative estimate of drug-likeness (QED) is 0.343. The van der Waals surface area contributed by atoms with Crippen molar-refractivity contribution in [1.82, 2.24) is 5.32 Å². The van der Waals surface area contributed by atoms with Crippen molar-refractivity contribution in [2.75, 3.05) is 11.6 Å². The van der Waals surface area contributed by atoms with Crippen LogP contribution in [0.5, 0.6) is 0 Å². The first kappa shape index (κ1) is 25.4. The van der Waals surface area contributed by atoms with Crippen LogP contribution in [0, 0.1) is 18.6 Å². The number of dihydropyridines is 1. The van der Waals surface area contributed by atoms with Gasteiger partial charge in [0.05, 0.1) is 4.21 Å². The van der Waals surface area contributed by atoms with E-state index in [4.69, 9.17) is 0 Å². The fraction of sp³-hybridized carbons (Fsp3) is 0.241. The van der Waals surface area contributed by atoms with Crippen molar-refractivity contribution < 1.29 is 18.4 Å². The summed E-state index contributed by atoms with van der Waals surface area (Å²) in [5.74, 6) is -2.99. The summed E-state index contributed by atoms with van der Waals surface area (Å²) in [4.78, 5) is 28.5. The van der Waals surface area contributed by atoms with Crippen molar-refractivity contribution in [3.05, 3.63) is 105 Å². The van der Waals surface area contributed by atoms with Crippen LogP contribution in [-0.4, -0.2) is 17.9 Å². The summed E-state index contributed by atoms with van der Waals surface area (Å²) in [6.07, 6.45) is 2.92. The number of carbonyl (C=O) groups excluding carboxylic acids is 2. The molecule has 1 aliphatic heterocycles. The second-order valence-corrected chi connectivity index (χ2v) is 11.6. The highest BCUT2D eigenvalue weighted by Gasteiger charge is 2.42. The van der Waals surface area contributed by atoms with Crippen LogP contribution >= 0.6 is 23.1 Å². The lowest BCUT2D eigenvalue weighted by atomic mass is 9.72. The van der Waals surface area contributed by atoms with Crippen LogP contribution in [-0.2, 0) is 9.59 Å². The maximum Gasteiger partial charge on any atom is 0.254 e. The Labute approximate surface area is 222 Å². The van der Waals surface area contributed by atoms with Crippen LogP contribution in [0.25, 0.3) is 0 Å². The highest BCUT2D eigenvalue weighted by molar-refractivity contribution is 8.00.